The molecule has 0 amide bonds. The van der Waals surface area contributed by atoms with Gasteiger partial charge in [0.1, 0.15) is 11.6 Å². The zero-order valence-electron chi connectivity index (χ0n) is 10.8. The second-order valence-corrected chi connectivity index (χ2v) is 4.70. The molecule has 1 rings (SSSR count). The van der Waals surface area contributed by atoms with E-state index in [0.717, 1.165) is 6.42 Å². The van der Waals surface area contributed by atoms with Crippen molar-refractivity contribution < 1.29 is 13.2 Å². The summed E-state index contributed by atoms with van der Waals surface area (Å²) < 4.78 is 37.8. The van der Waals surface area contributed by atoms with Gasteiger partial charge in [-0.2, -0.15) is 13.2 Å². The summed E-state index contributed by atoms with van der Waals surface area (Å²) in [5.74, 6) is -1.23. The number of anilines is 2. The zero-order valence-corrected chi connectivity index (χ0v) is 10.8. The quantitative estimate of drug-likeness (QED) is 0.910. The predicted molar refractivity (Wildman–Crippen MR) is 64.2 cm³/mol. The highest BCUT2D eigenvalue weighted by molar-refractivity contribution is 5.48. The standard InChI is InChI=1S/C11H17F3N4/c1-5-10(2,3)18(4)8-6-7(15)16-9(17-8)11(12,13)14/h6H,5H2,1-4H3,(H2,15,16,17). The van der Waals surface area contributed by atoms with Crippen LogP contribution in [0.1, 0.15) is 33.0 Å². The van der Waals surface area contributed by atoms with Crippen LogP contribution in [0.4, 0.5) is 24.8 Å². The largest absolute Gasteiger partial charge is 0.451 e. The van der Waals surface area contributed by atoms with Gasteiger partial charge in [0, 0.05) is 18.7 Å². The van der Waals surface area contributed by atoms with Gasteiger partial charge in [0.15, 0.2) is 0 Å². The van der Waals surface area contributed by atoms with E-state index in [1.807, 2.05) is 20.8 Å². The summed E-state index contributed by atoms with van der Waals surface area (Å²) in [6.07, 6.45) is -3.84. The van der Waals surface area contributed by atoms with E-state index < -0.39 is 12.0 Å². The molecule has 0 saturated carbocycles. The van der Waals surface area contributed by atoms with Crippen LogP contribution in [0.2, 0.25) is 0 Å². The average Bonchev–Trinajstić information content (AvgIpc) is 2.26. The van der Waals surface area contributed by atoms with Crippen molar-refractivity contribution in [1.82, 2.24) is 9.97 Å². The number of nitrogen functional groups attached to an aromatic ring is 1. The summed E-state index contributed by atoms with van der Waals surface area (Å²) in [7, 11) is 1.69. The van der Waals surface area contributed by atoms with Gasteiger partial charge in [-0.3, -0.25) is 0 Å². The van der Waals surface area contributed by atoms with Crippen molar-refractivity contribution in [2.24, 2.45) is 0 Å². The first-order chi connectivity index (χ1) is 8.08. The van der Waals surface area contributed by atoms with Crippen LogP contribution < -0.4 is 10.6 Å². The number of nitrogens with zero attached hydrogens (tertiary/aromatic N) is 3. The molecule has 2 N–H and O–H groups in total. The van der Waals surface area contributed by atoms with Crippen molar-refractivity contribution in [3.05, 3.63) is 11.9 Å². The average molecular weight is 262 g/mol. The first-order valence-electron chi connectivity index (χ1n) is 5.53. The molecule has 18 heavy (non-hydrogen) atoms. The van der Waals surface area contributed by atoms with E-state index in [9.17, 15) is 13.2 Å². The third-order valence-corrected chi connectivity index (χ3v) is 3.10. The van der Waals surface area contributed by atoms with E-state index in [0.29, 0.717) is 0 Å². The molecule has 0 bridgehead atoms. The Hall–Kier alpha value is -1.53. The lowest BCUT2D eigenvalue weighted by Crippen LogP contribution is -2.41. The van der Waals surface area contributed by atoms with Gasteiger partial charge in [-0.15, -0.1) is 0 Å². The van der Waals surface area contributed by atoms with Crippen molar-refractivity contribution in [1.29, 1.82) is 0 Å². The van der Waals surface area contributed by atoms with Gasteiger partial charge in [-0.05, 0) is 20.3 Å². The highest BCUT2D eigenvalue weighted by atomic mass is 19.4. The van der Waals surface area contributed by atoms with Crippen LogP contribution in [-0.4, -0.2) is 22.6 Å². The SMILES string of the molecule is CCC(C)(C)N(C)c1cc(N)nc(C(F)(F)F)n1. The second kappa shape index (κ2) is 4.62. The summed E-state index contributed by atoms with van der Waals surface area (Å²) >= 11 is 0. The van der Waals surface area contributed by atoms with Crippen LogP contribution in [-0.2, 0) is 6.18 Å². The first kappa shape index (κ1) is 14.5. The normalized spacial score (nSPS) is 12.6. The molecule has 0 unspecified atom stereocenters. The number of halogens is 3. The smallest absolute Gasteiger partial charge is 0.384 e. The molecule has 1 aromatic heterocycles. The zero-order chi connectivity index (χ0) is 14.1. The van der Waals surface area contributed by atoms with Crippen molar-refractivity contribution >= 4 is 11.6 Å². The maximum atomic E-state index is 12.6. The molecule has 0 spiro atoms. The van der Waals surface area contributed by atoms with Gasteiger partial charge in [0.05, 0.1) is 0 Å². The van der Waals surface area contributed by atoms with Crippen LogP contribution >= 0.6 is 0 Å². The highest BCUT2D eigenvalue weighted by Crippen LogP contribution is 2.30. The van der Waals surface area contributed by atoms with Crippen LogP contribution in [0.5, 0.6) is 0 Å². The van der Waals surface area contributed by atoms with Crippen molar-refractivity contribution in [2.75, 3.05) is 17.7 Å². The van der Waals surface area contributed by atoms with Gasteiger partial charge in [-0.1, -0.05) is 6.92 Å². The summed E-state index contributed by atoms with van der Waals surface area (Å²) in [4.78, 5) is 8.41. The van der Waals surface area contributed by atoms with E-state index >= 15 is 0 Å². The van der Waals surface area contributed by atoms with Crippen LogP contribution in [0, 0.1) is 0 Å². The van der Waals surface area contributed by atoms with Crippen molar-refractivity contribution in [3.63, 3.8) is 0 Å². The minimum Gasteiger partial charge on any atom is -0.384 e. The number of hydrogen-bond acceptors (Lipinski definition) is 4. The minimum atomic E-state index is -4.60. The Morgan fingerprint density at radius 3 is 2.28 bits per heavy atom. The molecule has 4 nitrogen and oxygen atoms in total. The molecular formula is C11H17F3N4. The fourth-order valence-electron chi connectivity index (χ4n) is 1.30. The molecule has 0 aromatic carbocycles. The molecule has 0 aliphatic carbocycles. The second-order valence-electron chi connectivity index (χ2n) is 4.70. The third-order valence-electron chi connectivity index (χ3n) is 3.10. The fourth-order valence-corrected chi connectivity index (χ4v) is 1.30. The van der Waals surface area contributed by atoms with Crippen LogP contribution in [0.25, 0.3) is 0 Å². The predicted octanol–water partition coefficient (Wildman–Crippen LogP) is 2.70. The Balaban J connectivity index is 3.23. The molecule has 0 saturated heterocycles. The number of nitrogens with two attached hydrogens (primary N) is 1. The molecule has 1 aromatic rings. The van der Waals surface area contributed by atoms with E-state index in [2.05, 4.69) is 9.97 Å². The van der Waals surface area contributed by atoms with E-state index in [1.165, 1.54) is 6.07 Å². The highest BCUT2D eigenvalue weighted by Gasteiger charge is 2.36. The van der Waals surface area contributed by atoms with Gasteiger partial charge in [0.25, 0.3) is 0 Å². The molecule has 102 valence electrons. The maximum absolute atomic E-state index is 12.6. The van der Waals surface area contributed by atoms with Gasteiger partial charge in [-0.25, -0.2) is 9.97 Å². The van der Waals surface area contributed by atoms with Gasteiger partial charge in [0.2, 0.25) is 5.82 Å². The Morgan fingerprint density at radius 1 is 1.28 bits per heavy atom. The van der Waals surface area contributed by atoms with Crippen LogP contribution in [0.3, 0.4) is 0 Å². The molecule has 0 fully saturated rings. The van der Waals surface area contributed by atoms with Crippen molar-refractivity contribution in [3.8, 4) is 0 Å². The van der Waals surface area contributed by atoms with Crippen LogP contribution in [0.15, 0.2) is 6.07 Å². The number of aromatic nitrogens is 2. The Bertz CT molecular complexity index is 429. The molecule has 0 aliphatic rings. The van der Waals surface area contributed by atoms with Gasteiger partial charge >= 0.3 is 6.18 Å². The Kier molecular flexibility index (Phi) is 3.73. The summed E-state index contributed by atoms with van der Waals surface area (Å²) in [6.45, 7) is 5.78. The minimum absolute atomic E-state index is 0.168. The number of hydrogen-bond donors (Lipinski definition) is 1. The number of rotatable bonds is 3. The monoisotopic (exact) mass is 262 g/mol. The lowest BCUT2D eigenvalue weighted by molar-refractivity contribution is -0.144. The van der Waals surface area contributed by atoms with Crippen molar-refractivity contribution in [2.45, 2.75) is 38.9 Å². The molecule has 0 radical (unpaired) electrons. The Labute approximate surface area is 104 Å². The van der Waals surface area contributed by atoms with E-state index in [4.69, 9.17) is 5.73 Å². The topological polar surface area (TPSA) is 55.0 Å². The summed E-state index contributed by atoms with van der Waals surface area (Å²) in [6, 6.07) is 1.34. The number of alkyl halides is 3. The van der Waals surface area contributed by atoms with Gasteiger partial charge < -0.3 is 10.6 Å². The molecular weight excluding hydrogens is 245 g/mol. The summed E-state index contributed by atoms with van der Waals surface area (Å²) in [5, 5.41) is 0. The molecule has 0 aliphatic heterocycles. The summed E-state index contributed by atoms with van der Waals surface area (Å²) in [5.41, 5.74) is 5.09. The third kappa shape index (κ3) is 3.02. The molecule has 0 atom stereocenters. The lowest BCUT2D eigenvalue weighted by atomic mass is 10.00. The van der Waals surface area contributed by atoms with E-state index in [-0.39, 0.29) is 17.2 Å². The first-order valence-corrected chi connectivity index (χ1v) is 5.53. The Morgan fingerprint density at radius 2 is 1.83 bits per heavy atom. The van der Waals surface area contributed by atoms with E-state index in [1.54, 1.807) is 11.9 Å². The molecule has 1 heterocycles. The fraction of sp³-hybridized carbons (Fsp3) is 0.636. The maximum Gasteiger partial charge on any atom is 0.451 e. The lowest BCUT2D eigenvalue weighted by Gasteiger charge is -2.36. The molecule has 7 heteroatoms.